The van der Waals surface area contributed by atoms with Crippen LogP contribution < -0.4 is 11.1 Å². The molecule has 70 valence electrons. The molecule has 13 heavy (non-hydrogen) atoms. The summed E-state index contributed by atoms with van der Waals surface area (Å²) < 4.78 is 0. The maximum atomic E-state index is 5.93. The van der Waals surface area contributed by atoms with E-state index in [1.165, 1.54) is 11.3 Å². The van der Waals surface area contributed by atoms with Crippen LogP contribution in [0.25, 0.3) is 0 Å². The van der Waals surface area contributed by atoms with Crippen molar-refractivity contribution in [2.45, 2.75) is 12.3 Å². The number of halogens is 1. The van der Waals surface area contributed by atoms with E-state index in [-0.39, 0.29) is 0 Å². The van der Waals surface area contributed by atoms with Gasteiger partial charge in [-0.15, -0.1) is 0 Å². The molecule has 0 saturated heterocycles. The molecule has 3 heteroatoms. The van der Waals surface area contributed by atoms with Gasteiger partial charge in [0.05, 0.1) is 0 Å². The summed E-state index contributed by atoms with van der Waals surface area (Å²) in [5, 5.41) is 4.16. The van der Waals surface area contributed by atoms with Crippen LogP contribution >= 0.6 is 11.6 Å². The van der Waals surface area contributed by atoms with Crippen LogP contribution in [0.3, 0.4) is 0 Å². The summed E-state index contributed by atoms with van der Waals surface area (Å²) in [5.74, 6) is 0.540. The largest absolute Gasteiger partial charge is 0.384 e. The second kappa shape index (κ2) is 3.56. The SMILES string of the molecule is NCCC1CNc2ccc(Cl)cc21. The number of anilines is 1. The molecule has 1 heterocycles. The predicted octanol–water partition coefficient (Wildman–Crippen LogP) is 2.20. The standard InChI is InChI=1S/C10H13ClN2/c11-8-1-2-10-9(5-8)7(3-4-12)6-13-10/h1-2,5,7,13H,3-4,6,12H2. The van der Waals surface area contributed by atoms with Crippen molar-refractivity contribution in [3.63, 3.8) is 0 Å². The molecular formula is C10H13ClN2. The lowest BCUT2D eigenvalue weighted by molar-refractivity contribution is 0.686. The Hall–Kier alpha value is -0.730. The Balaban J connectivity index is 2.29. The maximum Gasteiger partial charge on any atom is 0.0410 e. The van der Waals surface area contributed by atoms with E-state index < -0.39 is 0 Å². The number of nitrogens with one attached hydrogen (secondary N) is 1. The molecule has 0 aromatic heterocycles. The van der Waals surface area contributed by atoms with E-state index in [0.29, 0.717) is 5.92 Å². The molecule has 0 radical (unpaired) electrons. The monoisotopic (exact) mass is 196 g/mol. The normalized spacial score (nSPS) is 19.7. The first-order valence-corrected chi connectivity index (χ1v) is 4.92. The molecule has 2 rings (SSSR count). The fraction of sp³-hybridized carbons (Fsp3) is 0.400. The zero-order chi connectivity index (χ0) is 9.26. The summed E-state index contributed by atoms with van der Waals surface area (Å²) in [6.07, 6.45) is 1.03. The highest BCUT2D eigenvalue weighted by atomic mass is 35.5. The molecule has 1 aliphatic rings. The topological polar surface area (TPSA) is 38.0 Å². The molecule has 0 aliphatic carbocycles. The molecule has 3 N–H and O–H groups in total. The van der Waals surface area contributed by atoms with Gasteiger partial charge in [0.2, 0.25) is 0 Å². The second-order valence-electron chi connectivity index (χ2n) is 3.39. The highest BCUT2D eigenvalue weighted by Gasteiger charge is 2.20. The molecule has 1 atom stereocenters. The second-order valence-corrected chi connectivity index (χ2v) is 3.82. The average molecular weight is 197 g/mol. The maximum absolute atomic E-state index is 5.93. The van der Waals surface area contributed by atoms with E-state index in [2.05, 4.69) is 5.32 Å². The third kappa shape index (κ3) is 1.64. The molecule has 0 fully saturated rings. The Bertz CT molecular complexity index is 310. The van der Waals surface area contributed by atoms with Crippen molar-refractivity contribution in [3.8, 4) is 0 Å². The van der Waals surface area contributed by atoms with Crippen LogP contribution in [-0.4, -0.2) is 13.1 Å². The van der Waals surface area contributed by atoms with E-state index in [0.717, 1.165) is 24.5 Å². The molecule has 0 bridgehead atoms. The van der Waals surface area contributed by atoms with Crippen LogP contribution in [0.4, 0.5) is 5.69 Å². The lowest BCUT2D eigenvalue weighted by Gasteiger charge is -2.07. The van der Waals surface area contributed by atoms with Crippen molar-refractivity contribution in [2.24, 2.45) is 5.73 Å². The van der Waals surface area contributed by atoms with Gasteiger partial charge in [0.1, 0.15) is 0 Å². The van der Waals surface area contributed by atoms with Crippen LogP contribution in [0.2, 0.25) is 5.02 Å². The Labute approximate surface area is 83.1 Å². The van der Waals surface area contributed by atoms with Gasteiger partial charge in [-0.1, -0.05) is 11.6 Å². The lowest BCUT2D eigenvalue weighted by atomic mass is 9.98. The first-order chi connectivity index (χ1) is 6.31. The minimum Gasteiger partial charge on any atom is -0.384 e. The van der Waals surface area contributed by atoms with Gasteiger partial charge < -0.3 is 11.1 Å². The van der Waals surface area contributed by atoms with Crippen LogP contribution in [0.1, 0.15) is 17.9 Å². The van der Waals surface area contributed by atoms with Gasteiger partial charge in [-0.05, 0) is 36.7 Å². The minimum atomic E-state index is 0.540. The van der Waals surface area contributed by atoms with Crippen molar-refractivity contribution >= 4 is 17.3 Å². The van der Waals surface area contributed by atoms with Crippen molar-refractivity contribution < 1.29 is 0 Å². The van der Waals surface area contributed by atoms with E-state index in [1.54, 1.807) is 0 Å². The van der Waals surface area contributed by atoms with Gasteiger partial charge in [0, 0.05) is 23.2 Å². The highest BCUT2D eigenvalue weighted by Crippen LogP contribution is 2.34. The van der Waals surface area contributed by atoms with Gasteiger partial charge in [-0.2, -0.15) is 0 Å². The fourth-order valence-electron chi connectivity index (χ4n) is 1.83. The molecule has 2 nitrogen and oxygen atoms in total. The van der Waals surface area contributed by atoms with Crippen molar-refractivity contribution in [2.75, 3.05) is 18.4 Å². The molecule has 0 amide bonds. The summed E-state index contributed by atoms with van der Waals surface area (Å²) in [4.78, 5) is 0. The molecule has 1 aromatic rings. The number of fused-ring (bicyclic) bond motifs is 1. The molecular weight excluding hydrogens is 184 g/mol. The third-order valence-corrected chi connectivity index (χ3v) is 2.74. The smallest absolute Gasteiger partial charge is 0.0410 e. The van der Waals surface area contributed by atoms with Gasteiger partial charge in [0.15, 0.2) is 0 Å². The van der Waals surface area contributed by atoms with Gasteiger partial charge in [-0.25, -0.2) is 0 Å². The molecule has 1 aliphatic heterocycles. The predicted molar refractivity (Wildman–Crippen MR) is 56.4 cm³/mol. The van der Waals surface area contributed by atoms with Crippen LogP contribution in [0.5, 0.6) is 0 Å². The number of hydrogen-bond donors (Lipinski definition) is 2. The van der Waals surface area contributed by atoms with Crippen molar-refractivity contribution in [1.29, 1.82) is 0 Å². The fourth-order valence-corrected chi connectivity index (χ4v) is 2.01. The van der Waals surface area contributed by atoms with E-state index in [1.807, 2.05) is 18.2 Å². The van der Waals surface area contributed by atoms with E-state index in [4.69, 9.17) is 17.3 Å². The van der Waals surface area contributed by atoms with Crippen LogP contribution in [0, 0.1) is 0 Å². The summed E-state index contributed by atoms with van der Waals surface area (Å²) in [7, 11) is 0. The lowest BCUT2D eigenvalue weighted by Crippen LogP contribution is -2.08. The number of nitrogens with two attached hydrogens (primary N) is 1. The quantitative estimate of drug-likeness (QED) is 0.761. The zero-order valence-electron chi connectivity index (χ0n) is 7.39. The Kier molecular flexibility index (Phi) is 2.42. The first-order valence-electron chi connectivity index (χ1n) is 4.54. The van der Waals surface area contributed by atoms with Crippen LogP contribution in [0.15, 0.2) is 18.2 Å². The molecule has 0 spiro atoms. The Morgan fingerprint density at radius 2 is 2.38 bits per heavy atom. The Morgan fingerprint density at radius 1 is 1.54 bits per heavy atom. The zero-order valence-corrected chi connectivity index (χ0v) is 8.14. The highest BCUT2D eigenvalue weighted by molar-refractivity contribution is 6.30. The number of benzene rings is 1. The summed E-state index contributed by atoms with van der Waals surface area (Å²) in [6.45, 7) is 1.73. The first kappa shape index (κ1) is 8.85. The van der Waals surface area contributed by atoms with Gasteiger partial charge in [-0.3, -0.25) is 0 Å². The summed E-state index contributed by atoms with van der Waals surface area (Å²) in [5.41, 5.74) is 8.07. The minimum absolute atomic E-state index is 0.540. The van der Waals surface area contributed by atoms with E-state index >= 15 is 0 Å². The van der Waals surface area contributed by atoms with Gasteiger partial charge in [0.25, 0.3) is 0 Å². The van der Waals surface area contributed by atoms with Crippen LogP contribution in [-0.2, 0) is 0 Å². The summed E-state index contributed by atoms with van der Waals surface area (Å²) >= 11 is 5.93. The molecule has 0 saturated carbocycles. The number of rotatable bonds is 2. The summed E-state index contributed by atoms with van der Waals surface area (Å²) in [6, 6.07) is 5.99. The molecule has 1 aromatic carbocycles. The van der Waals surface area contributed by atoms with Gasteiger partial charge >= 0.3 is 0 Å². The van der Waals surface area contributed by atoms with Crippen molar-refractivity contribution in [1.82, 2.24) is 0 Å². The number of hydrogen-bond acceptors (Lipinski definition) is 2. The molecule has 1 unspecified atom stereocenters. The third-order valence-electron chi connectivity index (χ3n) is 2.51. The van der Waals surface area contributed by atoms with E-state index in [9.17, 15) is 0 Å². The van der Waals surface area contributed by atoms with Crippen molar-refractivity contribution in [3.05, 3.63) is 28.8 Å². The average Bonchev–Trinajstić information content (AvgIpc) is 2.49. The Morgan fingerprint density at radius 3 is 3.15 bits per heavy atom.